The summed E-state index contributed by atoms with van der Waals surface area (Å²) in [7, 11) is 0. The number of carbonyl (C=O) groups excluding carboxylic acids is 1. The van der Waals surface area contributed by atoms with E-state index in [1.807, 2.05) is 0 Å². The first kappa shape index (κ1) is 12.5. The molecule has 0 aromatic heterocycles. The van der Waals surface area contributed by atoms with Crippen molar-refractivity contribution in [2.75, 3.05) is 32.8 Å². The van der Waals surface area contributed by atoms with Crippen LogP contribution in [0.15, 0.2) is 0 Å². The fourth-order valence-corrected chi connectivity index (χ4v) is 1.85. The molecule has 1 rings (SSSR count). The predicted molar refractivity (Wildman–Crippen MR) is 59.6 cm³/mol. The number of rotatable bonds is 7. The van der Waals surface area contributed by atoms with Crippen molar-refractivity contribution in [3.63, 3.8) is 0 Å². The van der Waals surface area contributed by atoms with Gasteiger partial charge in [-0.2, -0.15) is 0 Å². The normalized spacial score (nSPS) is 16.9. The summed E-state index contributed by atoms with van der Waals surface area (Å²) in [5.41, 5.74) is 0. The molecule has 0 saturated carbocycles. The molecule has 88 valence electrons. The maximum atomic E-state index is 11.3. The van der Waals surface area contributed by atoms with E-state index >= 15 is 0 Å². The summed E-state index contributed by atoms with van der Waals surface area (Å²) in [6.07, 6.45) is 4.64. The zero-order valence-corrected chi connectivity index (χ0v) is 9.37. The van der Waals surface area contributed by atoms with E-state index in [2.05, 4.69) is 10.2 Å². The average Bonchev–Trinajstić information content (AvgIpc) is 2.71. The molecule has 1 amide bonds. The van der Waals surface area contributed by atoms with Gasteiger partial charge in [-0.15, -0.1) is 0 Å². The highest BCUT2D eigenvalue weighted by Crippen LogP contribution is 2.05. The zero-order valence-electron chi connectivity index (χ0n) is 9.37. The SMILES string of the molecule is O=C(CCCCO)NCCN1CCCC1. The zero-order chi connectivity index (χ0) is 10.9. The molecular formula is C11H22N2O2. The number of hydrogen-bond acceptors (Lipinski definition) is 3. The standard InChI is InChI=1S/C11H22N2O2/c14-10-4-1-5-11(15)12-6-9-13-7-2-3-8-13/h14H,1-10H2,(H,12,15). The molecule has 0 aromatic rings. The van der Waals surface area contributed by atoms with Crippen molar-refractivity contribution in [1.82, 2.24) is 10.2 Å². The van der Waals surface area contributed by atoms with Crippen molar-refractivity contribution >= 4 is 5.91 Å². The Kier molecular flexibility index (Phi) is 6.36. The largest absolute Gasteiger partial charge is 0.396 e. The molecule has 1 fully saturated rings. The molecule has 0 aliphatic carbocycles. The molecule has 1 aliphatic heterocycles. The number of amides is 1. The number of hydrogen-bond donors (Lipinski definition) is 2. The molecule has 4 nitrogen and oxygen atoms in total. The van der Waals surface area contributed by atoms with Gasteiger partial charge in [0.2, 0.25) is 5.91 Å². The summed E-state index contributed by atoms with van der Waals surface area (Å²) in [5, 5.41) is 11.5. The fourth-order valence-electron chi connectivity index (χ4n) is 1.85. The van der Waals surface area contributed by atoms with Gasteiger partial charge >= 0.3 is 0 Å². The van der Waals surface area contributed by atoms with Gasteiger partial charge in [0.05, 0.1) is 0 Å². The molecule has 1 aliphatic rings. The molecule has 0 spiro atoms. The van der Waals surface area contributed by atoms with E-state index in [1.54, 1.807) is 0 Å². The summed E-state index contributed by atoms with van der Waals surface area (Å²) >= 11 is 0. The second-order valence-electron chi connectivity index (χ2n) is 4.08. The van der Waals surface area contributed by atoms with Crippen molar-refractivity contribution < 1.29 is 9.90 Å². The van der Waals surface area contributed by atoms with Crippen molar-refractivity contribution in [2.24, 2.45) is 0 Å². The monoisotopic (exact) mass is 214 g/mol. The summed E-state index contributed by atoms with van der Waals surface area (Å²) < 4.78 is 0. The Morgan fingerprint density at radius 2 is 2.00 bits per heavy atom. The van der Waals surface area contributed by atoms with Crippen molar-refractivity contribution in [1.29, 1.82) is 0 Å². The van der Waals surface area contributed by atoms with E-state index in [1.165, 1.54) is 25.9 Å². The highest BCUT2D eigenvalue weighted by atomic mass is 16.2. The van der Waals surface area contributed by atoms with E-state index in [4.69, 9.17) is 5.11 Å². The first-order valence-corrected chi connectivity index (χ1v) is 5.93. The Morgan fingerprint density at radius 1 is 1.27 bits per heavy atom. The van der Waals surface area contributed by atoms with Crippen LogP contribution in [0.2, 0.25) is 0 Å². The van der Waals surface area contributed by atoms with Crippen molar-refractivity contribution in [3.8, 4) is 0 Å². The molecular weight excluding hydrogens is 192 g/mol. The fraction of sp³-hybridized carbons (Fsp3) is 0.909. The quantitative estimate of drug-likeness (QED) is 0.602. The Bertz CT molecular complexity index is 179. The van der Waals surface area contributed by atoms with E-state index in [-0.39, 0.29) is 12.5 Å². The maximum Gasteiger partial charge on any atom is 0.220 e. The van der Waals surface area contributed by atoms with E-state index in [9.17, 15) is 4.79 Å². The van der Waals surface area contributed by atoms with E-state index in [0.29, 0.717) is 6.42 Å². The summed E-state index contributed by atoms with van der Waals surface area (Å²) in [4.78, 5) is 13.7. The van der Waals surface area contributed by atoms with Crippen LogP contribution in [0, 0.1) is 0 Å². The van der Waals surface area contributed by atoms with Crippen LogP contribution < -0.4 is 5.32 Å². The highest BCUT2D eigenvalue weighted by molar-refractivity contribution is 5.75. The topological polar surface area (TPSA) is 52.6 Å². The van der Waals surface area contributed by atoms with E-state index < -0.39 is 0 Å². The molecule has 0 radical (unpaired) electrons. The van der Waals surface area contributed by atoms with Gasteiger partial charge in [0.1, 0.15) is 0 Å². The molecule has 2 N–H and O–H groups in total. The lowest BCUT2D eigenvalue weighted by molar-refractivity contribution is -0.121. The van der Waals surface area contributed by atoms with Gasteiger partial charge < -0.3 is 15.3 Å². The van der Waals surface area contributed by atoms with Crippen LogP contribution in [0.3, 0.4) is 0 Å². The van der Waals surface area contributed by atoms with Gasteiger partial charge in [-0.25, -0.2) is 0 Å². The van der Waals surface area contributed by atoms with Gasteiger partial charge in [-0.3, -0.25) is 4.79 Å². The number of aliphatic hydroxyl groups is 1. The van der Waals surface area contributed by atoms with Crippen LogP contribution in [-0.2, 0) is 4.79 Å². The second kappa shape index (κ2) is 7.65. The van der Waals surface area contributed by atoms with E-state index in [0.717, 1.165) is 25.9 Å². The van der Waals surface area contributed by atoms with Crippen LogP contribution in [0.4, 0.5) is 0 Å². The molecule has 0 aromatic carbocycles. The third-order valence-electron chi connectivity index (χ3n) is 2.76. The first-order valence-electron chi connectivity index (χ1n) is 5.93. The minimum Gasteiger partial charge on any atom is -0.396 e. The second-order valence-corrected chi connectivity index (χ2v) is 4.08. The lowest BCUT2D eigenvalue weighted by Crippen LogP contribution is -2.33. The number of carbonyl (C=O) groups is 1. The third kappa shape index (κ3) is 5.74. The third-order valence-corrected chi connectivity index (χ3v) is 2.76. The maximum absolute atomic E-state index is 11.3. The number of likely N-dealkylation sites (tertiary alicyclic amines) is 1. The number of nitrogens with zero attached hydrogens (tertiary/aromatic N) is 1. The molecule has 0 unspecified atom stereocenters. The lowest BCUT2D eigenvalue weighted by atomic mass is 10.2. The van der Waals surface area contributed by atoms with Crippen LogP contribution in [-0.4, -0.2) is 48.7 Å². The molecule has 4 heteroatoms. The Hall–Kier alpha value is -0.610. The number of aliphatic hydroxyl groups excluding tert-OH is 1. The number of unbranched alkanes of at least 4 members (excludes halogenated alkanes) is 1. The summed E-state index contributed by atoms with van der Waals surface area (Å²) in [5.74, 6) is 0.114. The molecule has 1 saturated heterocycles. The summed E-state index contributed by atoms with van der Waals surface area (Å²) in [6, 6.07) is 0. The van der Waals surface area contributed by atoms with Crippen LogP contribution in [0.5, 0.6) is 0 Å². The minimum atomic E-state index is 0.114. The molecule has 0 bridgehead atoms. The Balaban J connectivity index is 1.91. The summed E-state index contributed by atoms with van der Waals surface area (Å²) in [6.45, 7) is 4.28. The minimum absolute atomic E-state index is 0.114. The van der Waals surface area contributed by atoms with Gasteiger partial charge in [0, 0.05) is 26.1 Å². The van der Waals surface area contributed by atoms with Gasteiger partial charge in [-0.05, 0) is 38.8 Å². The smallest absolute Gasteiger partial charge is 0.220 e. The Morgan fingerprint density at radius 3 is 2.67 bits per heavy atom. The molecule has 15 heavy (non-hydrogen) atoms. The highest BCUT2D eigenvalue weighted by Gasteiger charge is 2.10. The first-order chi connectivity index (χ1) is 7.33. The molecule has 0 atom stereocenters. The molecule has 1 heterocycles. The van der Waals surface area contributed by atoms with Crippen molar-refractivity contribution in [2.45, 2.75) is 32.1 Å². The number of nitrogens with one attached hydrogen (secondary N) is 1. The predicted octanol–water partition coefficient (Wildman–Crippen LogP) is 0.361. The van der Waals surface area contributed by atoms with Crippen molar-refractivity contribution in [3.05, 3.63) is 0 Å². The van der Waals surface area contributed by atoms with Gasteiger partial charge in [-0.1, -0.05) is 0 Å². The van der Waals surface area contributed by atoms with Gasteiger partial charge in [0.25, 0.3) is 0 Å². The van der Waals surface area contributed by atoms with Crippen LogP contribution >= 0.6 is 0 Å². The van der Waals surface area contributed by atoms with Crippen LogP contribution in [0.1, 0.15) is 32.1 Å². The van der Waals surface area contributed by atoms with Gasteiger partial charge in [0.15, 0.2) is 0 Å². The lowest BCUT2D eigenvalue weighted by Gasteiger charge is -2.14. The Labute approximate surface area is 91.6 Å². The average molecular weight is 214 g/mol. The van der Waals surface area contributed by atoms with Crippen LogP contribution in [0.25, 0.3) is 0 Å².